The van der Waals surface area contributed by atoms with E-state index in [2.05, 4.69) is 10.6 Å². The molecule has 0 unspecified atom stereocenters. The number of rotatable bonds is 3. The van der Waals surface area contributed by atoms with Crippen molar-refractivity contribution in [2.24, 2.45) is 0 Å². The van der Waals surface area contributed by atoms with Gasteiger partial charge in [0, 0.05) is 17.3 Å². The summed E-state index contributed by atoms with van der Waals surface area (Å²) < 4.78 is 0. The van der Waals surface area contributed by atoms with Gasteiger partial charge in [-0.05, 0) is 13.0 Å². The minimum atomic E-state index is -0.992. The first-order valence-corrected chi connectivity index (χ1v) is 5.17. The Kier molecular flexibility index (Phi) is 4.54. The number of nitro groups is 1. The minimum absolute atomic E-state index is 0.134. The summed E-state index contributed by atoms with van der Waals surface area (Å²) in [4.78, 5) is 32.7. The van der Waals surface area contributed by atoms with E-state index < -0.39 is 16.7 Å². The standard InChI is InChI=1S/C11H10N4O4/c1-7-2-3-8(6-9(7)15(18)19)14-11(17)10(16)13-5-4-12/h2-3,6H,5H2,1H3,(H,13,16)(H,14,17). The Hall–Kier alpha value is -2.95. The summed E-state index contributed by atoms with van der Waals surface area (Å²) in [7, 11) is 0. The van der Waals surface area contributed by atoms with E-state index in [1.165, 1.54) is 12.1 Å². The van der Waals surface area contributed by atoms with Crippen LogP contribution in [0.25, 0.3) is 0 Å². The molecule has 0 atom stereocenters. The molecule has 8 nitrogen and oxygen atoms in total. The number of nitro benzene ring substituents is 1. The van der Waals surface area contributed by atoms with Crippen LogP contribution in [0.1, 0.15) is 5.56 Å². The molecule has 19 heavy (non-hydrogen) atoms. The quantitative estimate of drug-likeness (QED) is 0.354. The smallest absolute Gasteiger partial charge is 0.313 e. The molecule has 2 N–H and O–H groups in total. The van der Waals surface area contributed by atoms with E-state index in [1.807, 2.05) is 0 Å². The summed E-state index contributed by atoms with van der Waals surface area (Å²) in [6, 6.07) is 5.71. The zero-order chi connectivity index (χ0) is 14.4. The molecule has 1 aromatic carbocycles. The Morgan fingerprint density at radius 3 is 2.68 bits per heavy atom. The molecule has 0 aliphatic rings. The SMILES string of the molecule is Cc1ccc(NC(=O)C(=O)NCC#N)cc1[N+](=O)[O-]. The number of carbonyl (C=O) groups is 2. The lowest BCUT2D eigenvalue weighted by Crippen LogP contribution is -2.35. The molecule has 98 valence electrons. The van der Waals surface area contributed by atoms with Gasteiger partial charge in [0.05, 0.1) is 11.0 Å². The van der Waals surface area contributed by atoms with Crippen LogP contribution in [-0.4, -0.2) is 23.3 Å². The van der Waals surface area contributed by atoms with E-state index in [-0.39, 0.29) is 17.9 Å². The first kappa shape index (κ1) is 14.1. The average molecular weight is 262 g/mol. The molecule has 0 bridgehead atoms. The van der Waals surface area contributed by atoms with Crippen molar-refractivity contribution in [2.75, 3.05) is 11.9 Å². The molecule has 0 aliphatic heterocycles. The Morgan fingerprint density at radius 1 is 1.42 bits per heavy atom. The van der Waals surface area contributed by atoms with Crippen LogP contribution in [0.3, 0.4) is 0 Å². The highest BCUT2D eigenvalue weighted by Crippen LogP contribution is 2.22. The highest BCUT2D eigenvalue weighted by molar-refractivity contribution is 6.39. The summed E-state index contributed by atoms with van der Waals surface area (Å²) in [5.41, 5.74) is 0.418. The molecule has 2 amide bonds. The van der Waals surface area contributed by atoms with Crippen LogP contribution in [-0.2, 0) is 9.59 Å². The van der Waals surface area contributed by atoms with Crippen LogP contribution in [0, 0.1) is 28.4 Å². The molecular formula is C11H10N4O4. The van der Waals surface area contributed by atoms with Gasteiger partial charge in [0.25, 0.3) is 5.69 Å². The Balaban J connectivity index is 2.81. The Morgan fingerprint density at radius 2 is 2.11 bits per heavy atom. The highest BCUT2D eigenvalue weighted by Gasteiger charge is 2.16. The monoisotopic (exact) mass is 262 g/mol. The molecule has 1 rings (SSSR count). The van der Waals surface area contributed by atoms with Crippen LogP contribution < -0.4 is 10.6 Å². The fourth-order valence-corrected chi connectivity index (χ4v) is 1.27. The van der Waals surface area contributed by atoms with Gasteiger partial charge in [-0.25, -0.2) is 0 Å². The van der Waals surface area contributed by atoms with Gasteiger partial charge in [-0.3, -0.25) is 19.7 Å². The Labute approximate surface area is 108 Å². The molecule has 0 heterocycles. The molecule has 0 saturated carbocycles. The number of nitriles is 1. The van der Waals surface area contributed by atoms with Gasteiger partial charge in [-0.1, -0.05) is 6.07 Å². The van der Waals surface area contributed by atoms with Gasteiger partial charge in [0.2, 0.25) is 0 Å². The molecule has 0 fully saturated rings. The predicted molar refractivity (Wildman–Crippen MR) is 65.1 cm³/mol. The molecular weight excluding hydrogens is 252 g/mol. The van der Waals surface area contributed by atoms with Gasteiger partial charge in [-0.15, -0.1) is 0 Å². The van der Waals surface area contributed by atoms with Crippen molar-refractivity contribution in [3.05, 3.63) is 33.9 Å². The number of anilines is 1. The van der Waals surface area contributed by atoms with Gasteiger partial charge in [-0.2, -0.15) is 5.26 Å². The van der Waals surface area contributed by atoms with E-state index in [0.29, 0.717) is 5.56 Å². The lowest BCUT2D eigenvalue weighted by Gasteiger charge is -2.05. The second kappa shape index (κ2) is 6.11. The van der Waals surface area contributed by atoms with Crippen LogP contribution in [0.15, 0.2) is 18.2 Å². The Bertz CT molecular complexity index is 577. The van der Waals surface area contributed by atoms with Crippen molar-refractivity contribution in [3.63, 3.8) is 0 Å². The summed E-state index contributed by atoms with van der Waals surface area (Å²) in [6.07, 6.45) is 0. The van der Waals surface area contributed by atoms with Crippen LogP contribution in [0.5, 0.6) is 0 Å². The van der Waals surface area contributed by atoms with Crippen LogP contribution in [0.2, 0.25) is 0 Å². The third-order valence-electron chi connectivity index (χ3n) is 2.20. The summed E-state index contributed by atoms with van der Waals surface area (Å²) in [6.45, 7) is 1.27. The van der Waals surface area contributed by atoms with E-state index in [1.54, 1.807) is 13.0 Å². The second-order valence-electron chi connectivity index (χ2n) is 3.55. The number of aryl methyl sites for hydroxylation is 1. The third kappa shape index (κ3) is 3.78. The summed E-state index contributed by atoms with van der Waals surface area (Å²) in [5, 5.41) is 23.2. The van der Waals surface area contributed by atoms with Gasteiger partial charge < -0.3 is 10.6 Å². The van der Waals surface area contributed by atoms with Gasteiger partial charge in [0.1, 0.15) is 6.54 Å². The fourth-order valence-electron chi connectivity index (χ4n) is 1.27. The minimum Gasteiger partial charge on any atom is -0.335 e. The largest absolute Gasteiger partial charge is 0.335 e. The molecule has 0 spiro atoms. The van der Waals surface area contributed by atoms with Gasteiger partial charge in [0.15, 0.2) is 0 Å². The maximum absolute atomic E-state index is 11.4. The third-order valence-corrected chi connectivity index (χ3v) is 2.20. The number of amides is 2. The van der Waals surface area contributed by atoms with Crippen molar-refractivity contribution in [1.82, 2.24) is 5.32 Å². The van der Waals surface area contributed by atoms with Crippen molar-refractivity contribution < 1.29 is 14.5 Å². The predicted octanol–water partition coefficient (Wildman–Crippen LogP) is 0.481. The maximum atomic E-state index is 11.4. The van der Waals surface area contributed by atoms with Crippen molar-refractivity contribution in [2.45, 2.75) is 6.92 Å². The lowest BCUT2D eigenvalue weighted by atomic mass is 10.2. The van der Waals surface area contributed by atoms with Gasteiger partial charge >= 0.3 is 11.8 Å². The maximum Gasteiger partial charge on any atom is 0.313 e. The zero-order valence-corrected chi connectivity index (χ0v) is 9.97. The number of nitrogens with one attached hydrogen (secondary N) is 2. The summed E-state index contributed by atoms with van der Waals surface area (Å²) >= 11 is 0. The molecule has 1 aromatic rings. The first-order chi connectivity index (χ1) is 8.95. The molecule has 0 saturated heterocycles. The van der Waals surface area contributed by atoms with Crippen LogP contribution in [0.4, 0.5) is 11.4 Å². The van der Waals surface area contributed by atoms with Crippen molar-refractivity contribution in [1.29, 1.82) is 5.26 Å². The van der Waals surface area contributed by atoms with E-state index in [9.17, 15) is 19.7 Å². The fraction of sp³-hybridized carbons (Fsp3) is 0.182. The number of hydrogen-bond acceptors (Lipinski definition) is 5. The normalized spacial score (nSPS) is 9.26. The number of hydrogen-bond donors (Lipinski definition) is 2. The molecule has 0 radical (unpaired) electrons. The molecule has 0 aromatic heterocycles. The molecule has 0 aliphatic carbocycles. The zero-order valence-electron chi connectivity index (χ0n) is 9.97. The molecule has 8 heteroatoms. The van der Waals surface area contributed by atoms with E-state index >= 15 is 0 Å². The topological polar surface area (TPSA) is 125 Å². The van der Waals surface area contributed by atoms with Crippen LogP contribution >= 0.6 is 0 Å². The summed E-state index contributed by atoms with van der Waals surface area (Å²) in [5.74, 6) is -1.97. The number of nitrogens with zero attached hydrogens (tertiary/aromatic N) is 2. The van der Waals surface area contributed by atoms with Crippen molar-refractivity contribution in [3.8, 4) is 6.07 Å². The van der Waals surface area contributed by atoms with Crippen molar-refractivity contribution >= 4 is 23.2 Å². The second-order valence-corrected chi connectivity index (χ2v) is 3.55. The number of carbonyl (C=O) groups excluding carboxylic acids is 2. The average Bonchev–Trinajstić information content (AvgIpc) is 2.37. The lowest BCUT2D eigenvalue weighted by molar-refractivity contribution is -0.385. The van der Waals surface area contributed by atoms with E-state index in [0.717, 1.165) is 6.07 Å². The van der Waals surface area contributed by atoms with E-state index in [4.69, 9.17) is 5.26 Å². The number of benzene rings is 1. The highest BCUT2D eigenvalue weighted by atomic mass is 16.6. The first-order valence-electron chi connectivity index (χ1n) is 5.17.